The molecule has 0 aliphatic rings. The fraction of sp³-hybridized carbons (Fsp3) is 0.267. The van der Waals surface area contributed by atoms with Gasteiger partial charge in [0.05, 0.1) is 0 Å². The molecular weight excluding hydrogens is 337 g/mol. The molecule has 3 heteroatoms. The second-order valence-corrected chi connectivity index (χ2v) is 4.20. The van der Waals surface area contributed by atoms with Crippen LogP contribution < -0.4 is 33.3 Å². The van der Waals surface area contributed by atoms with Gasteiger partial charge in [0.2, 0.25) is 0 Å². The number of pyridine rings is 1. The van der Waals surface area contributed by atoms with Gasteiger partial charge in [0.1, 0.15) is 12.4 Å². The lowest BCUT2D eigenvalue weighted by atomic mass is 10.2. The standard InChI is InChI=1S/C15H18NO.HI/c1-13-6-5-8-15(12-13)17-11-10-16-9-4-3-7-14(16)2;/h3-9,12H,10-11H2,1-2H3;1H/q+1;/p-1. The number of ether oxygens (including phenoxy) is 1. The fourth-order valence-electron chi connectivity index (χ4n) is 1.78. The first-order valence-electron chi connectivity index (χ1n) is 5.90. The highest BCUT2D eigenvalue weighted by Crippen LogP contribution is 2.11. The van der Waals surface area contributed by atoms with Crippen molar-refractivity contribution in [3.63, 3.8) is 0 Å². The highest BCUT2D eigenvalue weighted by atomic mass is 127. The van der Waals surface area contributed by atoms with Gasteiger partial charge in [0, 0.05) is 19.1 Å². The SMILES string of the molecule is Cc1cccc(OCC[n+]2ccccc2C)c1.[I-]. The highest BCUT2D eigenvalue weighted by Gasteiger charge is 2.04. The summed E-state index contributed by atoms with van der Waals surface area (Å²) in [6.07, 6.45) is 2.08. The van der Waals surface area contributed by atoms with Crippen LogP contribution in [0.25, 0.3) is 0 Å². The summed E-state index contributed by atoms with van der Waals surface area (Å²) in [6, 6.07) is 14.3. The fourth-order valence-corrected chi connectivity index (χ4v) is 1.78. The lowest BCUT2D eigenvalue weighted by Crippen LogP contribution is -3.00. The van der Waals surface area contributed by atoms with Gasteiger partial charge in [-0.1, -0.05) is 18.2 Å². The Balaban J connectivity index is 0.00000162. The topological polar surface area (TPSA) is 13.1 Å². The average Bonchev–Trinajstić information content (AvgIpc) is 2.32. The van der Waals surface area contributed by atoms with Crippen molar-refractivity contribution in [2.45, 2.75) is 20.4 Å². The van der Waals surface area contributed by atoms with E-state index in [9.17, 15) is 0 Å². The number of hydrogen-bond acceptors (Lipinski definition) is 1. The molecule has 2 aromatic rings. The van der Waals surface area contributed by atoms with Crippen LogP contribution in [0.3, 0.4) is 0 Å². The molecule has 1 aromatic carbocycles. The maximum atomic E-state index is 5.72. The number of hydrogen-bond donors (Lipinski definition) is 0. The molecule has 0 amide bonds. The lowest BCUT2D eigenvalue weighted by molar-refractivity contribution is -0.703. The van der Waals surface area contributed by atoms with Crippen LogP contribution >= 0.6 is 0 Å². The van der Waals surface area contributed by atoms with Gasteiger partial charge in [-0.25, -0.2) is 0 Å². The summed E-state index contributed by atoms with van der Waals surface area (Å²) in [5.41, 5.74) is 2.48. The molecule has 0 unspecified atom stereocenters. The summed E-state index contributed by atoms with van der Waals surface area (Å²) in [7, 11) is 0. The van der Waals surface area contributed by atoms with Gasteiger partial charge < -0.3 is 28.7 Å². The molecule has 0 atom stereocenters. The Morgan fingerprint density at radius 1 is 1.06 bits per heavy atom. The minimum absolute atomic E-state index is 0. The molecule has 1 aromatic heterocycles. The Labute approximate surface area is 126 Å². The van der Waals surface area contributed by atoms with E-state index in [1.165, 1.54) is 11.3 Å². The van der Waals surface area contributed by atoms with Gasteiger partial charge >= 0.3 is 0 Å². The van der Waals surface area contributed by atoms with E-state index >= 15 is 0 Å². The van der Waals surface area contributed by atoms with Gasteiger partial charge in [0.15, 0.2) is 18.4 Å². The zero-order valence-corrected chi connectivity index (χ0v) is 12.9. The molecule has 0 aliphatic carbocycles. The third kappa shape index (κ3) is 4.29. The number of halogens is 1. The van der Waals surface area contributed by atoms with Crippen LogP contribution in [0, 0.1) is 13.8 Å². The minimum Gasteiger partial charge on any atom is -1.00 e. The van der Waals surface area contributed by atoms with Gasteiger partial charge in [-0.15, -0.1) is 0 Å². The molecule has 96 valence electrons. The van der Waals surface area contributed by atoms with Crippen molar-refractivity contribution in [2.24, 2.45) is 0 Å². The van der Waals surface area contributed by atoms with E-state index in [1.54, 1.807) is 0 Å². The Hall–Kier alpha value is -1.10. The van der Waals surface area contributed by atoms with Crippen LogP contribution in [0.4, 0.5) is 0 Å². The molecule has 0 saturated heterocycles. The largest absolute Gasteiger partial charge is 1.00 e. The van der Waals surface area contributed by atoms with Gasteiger partial charge in [-0.2, -0.15) is 4.57 Å². The van der Waals surface area contributed by atoms with Crippen LogP contribution in [0.2, 0.25) is 0 Å². The molecule has 1 heterocycles. The van der Waals surface area contributed by atoms with Crippen LogP contribution in [0.1, 0.15) is 11.3 Å². The van der Waals surface area contributed by atoms with Gasteiger partial charge in [0.25, 0.3) is 0 Å². The van der Waals surface area contributed by atoms with E-state index < -0.39 is 0 Å². The van der Waals surface area contributed by atoms with Crippen LogP contribution in [0.15, 0.2) is 48.7 Å². The molecule has 0 spiro atoms. The first kappa shape index (κ1) is 15.0. The molecule has 0 aliphatic heterocycles. The molecule has 0 fully saturated rings. The first-order valence-corrected chi connectivity index (χ1v) is 5.90. The number of benzene rings is 1. The number of aryl methyl sites for hydroxylation is 2. The smallest absolute Gasteiger partial charge is 0.182 e. The van der Waals surface area contributed by atoms with Crippen LogP contribution in [-0.2, 0) is 6.54 Å². The second-order valence-electron chi connectivity index (χ2n) is 4.20. The van der Waals surface area contributed by atoms with E-state index in [0.717, 1.165) is 12.3 Å². The van der Waals surface area contributed by atoms with Crippen LogP contribution in [0.5, 0.6) is 5.75 Å². The van der Waals surface area contributed by atoms with E-state index in [0.29, 0.717) is 6.61 Å². The zero-order chi connectivity index (χ0) is 12.1. The molecular formula is C15H18INO. The van der Waals surface area contributed by atoms with Crippen LogP contribution in [-0.4, -0.2) is 6.61 Å². The highest BCUT2D eigenvalue weighted by molar-refractivity contribution is 5.27. The Kier molecular flexibility index (Phi) is 6.12. The zero-order valence-electron chi connectivity index (χ0n) is 10.8. The van der Waals surface area contributed by atoms with E-state index in [2.05, 4.69) is 42.8 Å². The van der Waals surface area contributed by atoms with Crippen molar-refractivity contribution in [3.05, 3.63) is 59.9 Å². The minimum atomic E-state index is 0. The van der Waals surface area contributed by atoms with E-state index in [4.69, 9.17) is 4.74 Å². The third-order valence-electron chi connectivity index (χ3n) is 2.76. The Bertz CT molecular complexity index is 499. The van der Waals surface area contributed by atoms with Gasteiger partial charge in [-0.3, -0.25) is 0 Å². The number of rotatable bonds is 4. The summed E-state index contributed by atoms with van der Waals surface area (Å²) in [4.78, 5) is 0. The average molecular weight is 355 g/mol. The van der Waals surface area contributed by atoms with E-state index in [-0.39, 0.29) is 24.0 Å². The van der Waals surface area contributed by atoms with Crippen molar-refractivity contribution < 1.29 is 33.3 Å². The maximum absolute atomic E-state index is 5.72. The van der Waals surface area contributed by atoms with Crippen molar-refractivity contribution in [1.82, 2.24) is 0 Å². The monoisotopic (exact) mass is 355 g/mol. The normalized spacial score (nSPS) is 9.67. The maximum Gasteiger partial charge on any atom is 0.182 e. The number of aromatic nitrogens is 1. The van der Waals surface area contributed by atoms with Crippen molar-refractivity contribution in [1.29, 1.82) is 0 Å². The molecule has 0 bridgehead atoms. The lowest BCUT2D eigenvalue weighted by Gasteiger charge is -2.05. The Morgan fingerprint density at radius 3 is 2.61 bits per heavy atom. The molecule has 0 radical (unpaired) electrons. The Morgan fingerprint density at radius 2 is 1.89 bits per heavy atom. The molecule has 0 saturated carbocycles. The molecule has 2 nitrogen and oxygen atoms in total. The quantitative estimate of drug-likeness (QED) is 0.541. The number of nitrogens with zero attached hydrogens (tertiary/aromatic N) is 1. The first-order chi connectivity index (χ1) is 8.25. The summed E-state index contributed by atoms with van der Waals surface area (Å²) in [6.45, 7) is 5.75. The van der Waals surface area contributed by atoms with Crippen molar-refractivity contribution in [2.75, 3.05) is 6.61 Å². The summed E-state index contributed by atoms with van der Waals surface area (Å²) < 4.78 is 7.92. The predicted octanol–water partition coefficient (Wildman–Crippen LogP) is -0.326. The third-order valence-corrected chi connectivity index (χ3v) is 2.76. The molecule has 18 heavy (non-hydrogen) atoms. The second kappa shape index (κ2) is 7.36. The molecule has 0 N–H and O–H groups in total. The predicted molar refractivity (Wildman–Crippen MR) is 68.0 cm³/mol. The summed E-state index contributed by atoms with van der Waals surface area (Å²) >= 11 is 0. The summed E-state index contributed by atoms with van der Waals surface area (Å²) in [5.74, 6) is 0.944. The van der Waals surface area contributed by atoms with Crippen molar-refractivity contribution >= 4 is 0 Å². The van der Waals surface area contributed by atoms with E-state index in [1.807, 2.05) is 24.3 Å². The van der Waals surface area contributed by atoms with Crippen molar-refractivity contribution in [3.8, 4) is 5.75 Å². The summed E-state index contributed by atoms with van der Waals surface area (Å²) in [5, 5.41) is 0. The molecule has 2 rings (SSSR count). The van der Waals surface area contributed by atoms with Gasteiger partial charge in [-0.05, 0) is 24.6 Å².